The van der Waals surface area contributed by atoms with Crippen LogP contribution in [-0.4, -0.2) is 12.1 Å². The molecule has 0 saturated carbocycles. The summed E-state index contributed by atoms with van der Waals surface area (Å²) in [5, 5.41) is 0. The van der Waals surface area contributed by atoms with Gasteiger partial charge in [0.25, 0.3) is 0 Å². The molecule has 1 unspecified atom stereocenters. The third-order valence-corrected chi connectivity index (χ3v) is 3.59. The monoisotopic (exact) mass is 359 g/mol. The molecule has 0 amide bonds. The minimum absolute atomic E-state index is 0.214. The Hall–Kier alpha value is -0.940. The van der Waals surface area contributed by atoms with E-state index in [4.69, 9.17) is 10.5 Å². The van der Waals surface area contributed by atoms with Crippen LogP contribution < -0.4 is 5.73 Å². The van der Waals surface area contributed by atoms with Crippen LogP contribution in [0.4, 0.5) is 4.39 Å². The van der Waals surface area contributed by atoms with Crippen molar-refractivity contribution < 1.29 is 13.9 Å². The van der Waals surface area contributed by atoms with Crippen molar-refractivity contribution in [3.8, 4) is 0 Å². The number of nitrogens with two attached hydrogens (primary N) is 1. The second-order valence-corrected chi connectivity index (χ2v) is 7.65. The molecule has 0 aliphatic heterocycles. The number of halogens is 2. The van der Waals surface area contributed by atoms with Gasteiger partial charge in [-0.05, 0) is 59.3 Å². The molecule has 0 aromatic heterocycles. The average molecular weight is 360 g/mol. The zero-order valence-electron chi connectivity index (χ0n) is 13.2. The fraction of sp³-hybridized carbons (Fsp3) is 0.562. The number of carbonyl (C=O) groups is 1. The molecule has 0 aliphatic rings. The van der Waals surface area contributed by atoms with E-state index in [1.54, 1.807) is 26.0 Å². The Balaban J connectivity index is 3.29. The Bertz CT molecular complexity index is 525. The molecule has 1 aromatic carbocycles. The molecule has 1 rings (SSSR count). The first-order valence-corrected chi connectivity index (χ1v) is 7.70. The van der Waals surface area contributed by atoms with Crippen LogP contribution in [0.3, 0.4) is 0 Å². The van der Waals surface area contributed by atoms with Gasteiger partial charge in [-0.3, -0.25) is 0 Å². The van der Waals surface area contributed by atoms with Gasteiger partial charge in [0.05, 0.1) is 10.6 Å². The van der Waals surface area contributed by atoms with E-state index in [1.807, 2.05) is 20.8 Å². The van der Waals surface area contributed by atoms with Gasteiger partial charge < -0.3 is 10.5 Å². The number of carbonyl (C=O) groups excluding carboxylic acids is 1. The molecule has 0 aliphatic carbocycles. The minimum atomic E-state index is -1.37. The smallest absolute Gasteiger partial charge is 0.331 e. The van der Waals surface area contributed by atoms with Crippen LogP contribution in [0.25, 0.3) is 0 Å². The number of hydrogen-bond donors (Lipinski definition) is 1. The highest BCUT2D eigenvalue weighted by atomic mass is 79.9. The molecule has 0 bridgehead atoms. The molecule has 0 heterocycles. The van der Waals surface area contributed by atoms with Gasteiger partial charge in [-0.2, -0.15) is 0 Å². The van der Waals surface area contributed by atoms with Crippen LogP contribution in [0.15, 0.2) is 22.7 Å². The standard InChI is InChI=1S/C16H23BrFNO2/c1-10(2)21-14(20)16(19,9-15(3,4)5)11-6-7-12(17)13(18)8-11/h6-8,10H,9,19H2,1-5H3. The number of hydrogen-bond acceptors (Lipinski definition) is 3. The summed E-state index contributed by atoms with van der Waals surface area (Å²) in [5.74, 6) is -0.984. The second-order valence-electron chi connectivity index (χ2n) is 6.79. The molecule has 5 heteroatoms. The predicted molar refractivity (Wildman–Crippen MR) is 85.3 cm³/mol. The van der Waals surface area contributed by atoms with Crippen LogP contribution in [0, 0.1) is 11.2 Å². The molecular weight excluding hydrogens is 337 g/mol. The molecule has 1 atom stereocenters. The molecule has 118 valence electrons. The Kier molecular flexibility index (Phi) is 5.56. The Morgan fingerprint density at radius 3 is 2.38 bits per heavy atom. The first-order valence-electron chi connectivity index (χ1n) is 6.91. The zero-order chi connectivity index (χ0) is 16.4. The van der Waals surface area contributed by atoms with Crippen molar-refractivity contribution in [3.05, 3.63) is 34.1 Å². The minimum Gasteiger partial charge on any atom is -0.461 e. The van der Waals surface area contributed by atoms with Crippen molar-refractivity contribution in [1.29, 1.82) is 0 Å². The quantitative estimate of drug-likeness (QED) is 0.822. The molecule has 2 N–H and O–H groups in total. The zero-order valence-corrected chi connectivity index (χ0v) is 14.8. The first kappa shape index (κ1) is 18.1. The maximum Gasteiger partial charge on any atom is 0.331 e. The van der Waals surface area contributed by atoms with Crippen molar-refractivity contribution in [2.75, 3.05) is 0 Å². The third-order valence-electron chi connectivity index (χ3n) is 2.95. The van der Waals surface area contributed by atoms with E-state index in [-0.39, 0.29) is 11.5 Å². The number of rotatable bonds is 4. The summed E-state index contributed by atoms with van der Waals surface area (Å²) < 4.78 is 19.4. The van der Waals surface area contributed by atoms with Gasteiger partial charge in [0.15, 0.2) is 0 Å². The average Bonchev–Trinajstić information content (AvgIpc) is 2.29. The highest BCUT2D eigenvalue weighted by Gasteiger charge is 2.41. The fourth-order valence-electron chi connectivity index (χ4n) is 2.22. The topological polar surface area (TPSA) is 52.3 Å². The predicted octanol–water partition coefficient (Wildman–Crippen LogP) is 4.13. The van der Waals surface area contributed by atoms with E-state index in [2.05, 4.69) is 15.9 Å². The highest BCUT2D eigenvalue weighted by Crippen LogP contribution is 2.35. The summed E-state index contributed by atoms with van der Waals surface area (Å²) in [6, 6.07) is 4.50. The number of esters is 1. The highest BCUT2D eigenvalue weighted by molar-refractivity contribution is 9.10. The van der Waals surface area contributed by atoms with E-state index in [9.17, 15) is 9.18 Å². The molecule has 1 aromatic rings. The van der Waals surface area contributed by atoms with Gasteiger partial charge in [-0.25, -0.2) is 9.18 Å². The van der Waals surface area contributed by atoms with Crippen LogP contribution in [0.1, 0.15) is 46.6 Å². The van der Waals surface area contributed by atoms with E-state index >= 15 is 0 Å². The van der Waals surface area contributed by atoms with Crippen molar-refractivity contribution in [1.82, 2.24) is 0 Å². The van der Waals surface area contributed by atoms with Crippen molar-refractivity contribution in [2.45, 2.75) is 52.7 Å². The van der Waals surface area contributed by atoms with Crippen molar-refractivity contribution >= 4 is 21.9 Å². The SMILES string of the molecule is CC(C)OC(=O)C(N)(CC(C)(C)C)c1ccc(Br)c(F)c1. The maximum atomic E-state index is 13.8. The van der Waals surface area contributed by atoms with Crippen molar-refractivity contribution in [3.63, 3.8) is 0 Å². The molecule has 0 fully saturated rings. The number of ether oxygens (including phenoxy) is 1. The molecule has 21 heavy (non-hydrogen) atoms. The lowest BCUT2D eigenvalue weighted by Crippen LogP contribution is -2.49. The lowest BCUT2D eigenvalue weighted by Gasteiger charge is -2.34. The summed E-state index contributed by atoms with van der Waals surface area (Å²) >= 11 is 3.10. The summed E-state index contributed by atoms with van der Waals surface area (Å²) in [6.07, 6.45) is 0.0767. The van der Waals surface area contributed by atoms with Gasteiger partial charge in [-0.15, -0.1) is 0 Å². The lowest BCUT2D eigenvalue weighted by atomic mass is 9.76. The Morgan fingerprint density at radius 2 is 1.95 bits per heavy atom. The summed E-state index contributed by atoms with van der Waals surface area (Å²) in [6.45, 7) is 9.46. The van der Waals surface area contributed by atoms with E-state index < -0.39 is 17.3 Å². The van der Waals surface area contributed by atoms with Gasteiger partial charge in [0.1, 0.15) is 11.4 Å². The normalized spacial score (nSPS) is 14.9. The largest absolute Gasteiger partial charge is 0.461 e. The van der Waals surface area contributed by atoms with Crippen LogP contribution in [0.2, 0.25) is 0 Å². The Morgan fingerprint density at radius 1 is 1.38 bits per heavy atom. The van der Waals surface area contributed by atoms with Crippen LogP contribution >= 0.6 is 15.9 Å². The van der Waals surface area contributed by atoms with E-state index in [0.29, 0.717) is 16.5 Å². The Labute approximate surface area is 134 Å². The van der Waals surface area contributed by atoms with Crippen molar-refractivity contribution in [2.24, 2.45) is 11.1 Å². The van der Waals surface area contributed by atoms with Gasteiger partial charge in [-0.1, -0.05) is 26.8 Å². The summed E-state index contributed by atoms with van der Waals surface area (Å²) in [7, 11) is 0. The number of benzene rings is 1. The fourth-order valence-corrected chi connectivity index (χ4v) is 2.47. The molecular formula is C16H23BrFNO2. The van der Waals surface area contributed by atoms with Gasteiger partial charge in [0.2, 0.25) is 0 Å². The maximum absolute atomic E-state index is 13.8. The van der Waals surface area contributed by atoms with Crippen LogP contribution in [0.5, 0.6) is 0 Å². The molecule has 0 spiro atoms. The van der Waals surface area contributed by atoms with E-state index in [0.717, 1.165) is 0 Å². The first-order chi connectivity index (χ1) is 9.45. The van der Waals surface area contributed by atoms with Gasteiger partial charge >= 0.3 is 5.97 Å². The van der Waals surface area contributed by atoms with Gasteiger partial charge in [0, 0.05) is 0 Å². The molecule has 3 nitrogen and oxygen atoms in total. The summed E-state index contributed by atoms with van der Waals surface area (Å²) in [4.78, 5) is 12.5. The van der Waals surface area contributed by atoms with E-state index in [1.165, 1.54) is 6.07 Å². The van der Waals surface area contributed by atoms with Crippen LogP contribution in [-0.2, 0) is 15.1 Å². The molecule has 0 saturated heterocycles. The summed E-state index contributed by atoms with van der Waals surface area (Å²) in [5.41, 5.74) is 5.19. The third kappa shape index (κ3) is 4.78. The second kappa shape index (κ2) is 6.44. The molecule has 0 radical (unpaired) electrons. The lowest BCUT2D eigenvalue weighted by molar-refractivity contribution is -0.156.